The van der Waals surface area contributed by atoms with Crippen molar-refractivity contribution < 1.29 is 43.2 Å². The number of aliphatic hydroxyl groups is 3. The Labute approximate surface area is 234 Å². The molecule has 1 aromatic rings. The smallest absolute Gasteiger partial charge is 0.417 e. The summed E-state index contributed by atoms with van der Waals surface area (Å²) in [6, 6.07) is -0.802. The number of phenols is 1. The van der Waals surface area contributed by atoms with Crippen LogP contribution in [0.1, 0.15) is 54.0 Å². The highest BCUT2D eigenvalue weighted by Gasteiger charge is 2.63. The van der Waals surface area contributed by atoms with Gasteiger partial charge in [0.25, 0.3) is 5.91 Å². The normalized spacial score (nSPS) is 30.8. The molecule has 0 spiro atoms. The average molecular weight is 579 g/mol. The van der Waals surface area contributed by atoms with E-state index in [1.807, 2.05) is 0 Å². The maximum absolute atomic E-state index is 14.8. The number of benzene rings is 1. The van der Waals surface area contributed by atoms with Gasteiger partial charge in [-0.05, 0) is 76.5 Å². The van der Waals surface area contributed by atoms with Crippen LogP contribution < -0.4 is 5.73 Å². The zero-order chi connectivity index (χ0) is 30.3. The number of primary amides is 1. The van der Waals surface area contributed by atoms with Crippen molar-refractivity contribution in [1.82, 2.24) is 9.80 Å². The van der Waals surface area contributed by atoms with E-state index in [0.717, 1.165) is 12.5 Å². The van der Waals surface area contributed by atoms with Crippen LogP contribution in [0.15, 0.2) is 23.0 Å². The van der Waals surface area contributed by atoms with Crippen molar-refractivity contribution in [3.05, 3.63) is 45.2 Å². The van der Waals surface area contributed by atoms with E-state index in [4.69, 9.17) is 11.1 Å². The molecule has 7 N–H and O–H groups in total. The number of aliphatic hydroxyl groups excluding tert-OH is 2. The predicted octanol–water partition coefficient (Wildman–Crippen LogP) is 2.59. The molecular formula is C28H33F3N4O6. The van der Waals surface area contributed by atoms with E-state index in [1.165, 1.54) is 19.0 Å². The second kappa shape index (κ2) is 9.57. The number of nitrogens with zero attached hydrogens (tertiary/aromatic N) is 2. The van der Waals surface area contributed by atoms with Gasteiger partial charge in [-0.3, -0.25) is 19.4 Å². The molecule has 5 atom stereocenters. The third-order valence-corrected chi connectivity index (χ3v) is 9.22. The van der Waals surface area contributed by atoms with E-state index in [-0.39, 0.29) is 24.0 Å². The molecule has 1 amide bonds. The van der Waals surface area contributed by atoms with E-state index >= 15 is 0 Å². The van der Waals surface area contributed by atoms with Gasteiger partial charge in [-0.15, -0.1) is 0 Å². The van der Waals surface area contributed by atoms with Crippen LogP contribution in [0.4, 0.5) is 13.2 Å². The molecule has 1 aromatic carbocycles. The topological polar surface area (TPSA) is 171 Å². The number of carbonyl (C=O) groups is 2. The molecule has 1 saturated carbocycles. The molecule has 1 saturated heterocycles. The first-order valence-corrected chi connectivity index (χ1v) is 13.4. The lowest BCUT2D eigenvalue weighted by Crippen LogP contribution is -2.67. The monoisotopic (exact) mass is 578 g/mol. The zero-order valence-electron chi connectivity index (χ0n) is 22.8. The fourth-order valence-corrected chi connectivity index (χ4v) is 7.47. The zero-order valence-corrected chi connectivity index (χ0v) is 22.8. The molecule has 3 aliphatic carbocycles. The summed E-state index contributed by atoms with van der Waals surface area (Å²) >= 11 is 0. The number of ketones is 1. The number of rotatable bonds is 3. The minimum atomic E-state index is -4.85. The molecule has 41 heavy (non-hydrogen) atoms. The molecule has 13 heteroatoms. The van der Waals surface area contributed by atoms with Gasteiger partial charge in [0.2, 0.25) is 5.78 Å². The predicted molar refractivity (Wildman–Crippen MR) is 141 cm³/mol. The molecule has 2 fully saturated rings. The highest BCUT2D eigenvalue weighted by molar-refractivity contribution is 6.33. The summed E-state index contributed by atoms with van der Waals surface area (Å²) in [5, 5.41) is 53.5. The number of aromatic hydroxyl groups is 1. The summed E-state index contributed by atoms with van der Waals surface area (Å²) in [7, 11) is 4.73. The Balaban J connectivity index is 1.74. The molecule has 4 aliphatic rings. The number of nitrogens with two attached hydrogens (primary N) is 1. The van der Waals surface area contributed by atoms with Gasteiger partial charge in [0.1, 0.15) is 22.8 Å². The standard InChI is InChI=1S/C28H33F3N4O6/c1-34(2)21-14-9-11-8-13-18(16(36)10-12(20(13)28(29,30)31)15-6-4-5-7-35(15)3)22(37)17(11)25(39)27(14,41)24(32)19(23(21)38)26(33)40/h10-11,14-15,21,32,36-38,41H,4-9H2,1-3H3,(H2,33,40)/t11-,14-,15?,21-,27+/m0/s1. The number of Topliss-reactive ketones (excluding diaryl/α,β-unsaturated/α-hetero) is 1. The highest BCUT2D eigenvalue weighted by Crippen LogP contribution is 2.55. The van der Waals surface area contributed by atoms with E-state index < -0.39 is 92.6 Å². The van der Waals surface area contributed by atoms with Gasteiger partial charge in [-0.2, -0.15) is 13.2 Å². The number of fused-ring (bicyclic) bond motifs is 3. The number of phenolic OH excluding ortho intramolecular Hbond substituents is 1. The fraction of sp³-hybridized carbons (Fsp3) is 0.536. The van der Waals surface area contributed by atoms with Crippen LogP contribution in [0.5, 0.6) is 5.75 Å². The van der Waals surface area contributed by atoms with Crippen LogP contribution in [0.3, 0.4) is 0 Å². The molecular weight excluding hydrogens is 545 g/mol. The number of hydrogen-bond donors (Lipinski definition) is 6. The summed E-state index contributed by atoms with van der Waals surface area (Å²) in [4.78, 5) is 29.3. The van der Waals surface area contributed by atoms with Crippen molar-refractivity contribution in [3.63, 3.8) is 0 Å². The van der Waals surface area contributed by atoms with Gasteiger partial charge in [0.05, 0.1) is 22.9 Å². The summed E-state index contributed by atoms with van der Waals surface area (Å²) < 4.78 is 44.3. The lowest BCUT2D eigenvalue weighted by atomic mass is 9.56. The minimum absolute atomic E-state index is 0.108. The molecule has 1 unspecified atom stereocenters. The van der Waals surface area contributed by atoms with Crippen molar-refractivity contribution in [2.24, 2.45) is 17.6 Å². The van der Waals surface area contributed by atoms with Crippen LogP contribution in [0, 0.1) is 17.2 Å². The molecule has 0 radical (unpaired) electrons. The summed E-state index contributed by atoms with van der Waals surface area (Å²) in [5.41, 5.74) is -1.42. The highest BCUT2D eigenvalue weighted by atomic mass is 19.4. The number of alkyl halides is 3. The van der Waals surface area contributed by atoms with Crippen LogP contribution in [0.2, 0.25) is 0 Å². The number of carbonyl (C=O) groups excluding carboxylic acids is 2. The molecule has 10 nitrogen and oxygen atoms in total. The number of likely N-dealkylation sites (tertiary alicyclic amines) is 1. The largest absolute Gasteiger partial charge is 0.510 e. The SMILES string of the molecule is CN1CCCCC1c1cc(O)c2c(c1C(F)(F)F)C[C@H]1C[C@H]3[C@H](N(C)C)C(O)=C(C(N)=O)C(=N)[C@@]3(O)C(=O)C1=C2O. The molecule has 0 aromatic heterocycles. The average Bonchev–Trinajstić information content (AvgIpc) is 2.85. The van der Waals surface area contributed by atoms with Crippen LogP contribution >= 0.6 is 0 Å². The van der Waals surface area contributed by atoms with Gasteiger partial charge in [0.15, 0.2) is 5.60 Å². The quantitative estimate of drug-likeness (QED) is 0.318. The lowest BCUT2D eigenvalue weighted by molar-refractivity contribution is -0.140. The van der Waals surface area contributed by atoms with Crippen molar-refractivity contribution in [2.45, 2.75) is 56.0 Å². The van der Waals surface area contributed by atoms with Crippen LogP contribution in [-0.2, 0) is 22.2 Å². The van der Waals surface area contributed by atoms with E-state index in [0.29, 0.717) is 19.4 Å². The Hall–Kier alpha value is -3.42. The molecule has 1 aliphatic heterocycles. The first-order chi connectivity index (χ1) is 19.0. The number of amides is 1. The first-order valence-electron chi connectivity index (χ1n) is 13.4. The van der Waals surface area contributed by atoms with Gasteiger partial charge in [0, 0.05) is 17.5 Å². The third-order valence-electron chi connectivity index (χ3n) is 9.22. The van der Waals surface area contributed by atoms with Crippen molar-refractivity contribution in [3.8, 4) is 5.75 Å². The second-order valence-electron chi connectivity index (χ2n) is 11.7. The first kappa shape index (κ1) is 29.1. The number of hydrogen-bond acceptors (Lipinski definition) is 9. The Morgan fingerprint density at radius 3 is 2.44 bits per heavy atom. The van der Waals surface area contributed by atoms with E-state index in [9.17, 15) is 43.2 Å². The van der Waals surface area contributed by atoms with Gasteiger partial charge in [-0.1, -0.05) is 6.42 Å². The maximum Gasteiger partial charge on any atom is 0.417 e. The number of halogens is 3. The molecule has 0 bridgehead atoms. The van der Waals surface area contributed by atoms with E-state index in [2.05, 4.69) is 0 Å². The fourth-order valence-electron chi connectivity index (χ4n) is 7.47. The number of nitrogens with one attached hydrogen (secondary N) is 1. The Morgan fingerprint density at radius 1 is 1.22 bits per heavy atom. The van der Waals surface area contributed by atoms with Gasteiger partial charge >= 0.3 is 6.18 Å². The maximum atomic E-state index is 14.8. The minimum Gasteiger partial charge on any atom is -0.510 e. The number of likely N-dealkylation sites (N-methyl/N-ethyl adjacent to an activating group) is 1. The van der Waals surface area contributed by atoms with Gasteiger partial charge < -0.3 is 31.6 Å². The second-order valence-corrected chi connectivity index (χ2v) is 11.7. The summed E-state index contributed by atoms with van der Waals surface area (Å²) in [6.45, 7) is 0.578. The van der Waals surface area contributed by atoms with Crippen molar-refractivity contribution in [1.29, 1.82) is 5.41 Å². The lowest BCUT2D eigenvalue weighted by Gasteiger charge is -2.51. The van der Waals surface area contributed by atoms with E-state index in [1.54, 1.807) is 11.9 Å². The summed E-state index contributed by atoms with van der Waals surface area (Å²) in [6.07, 6.45) is -3.47. The Morgan fingerprint density at radius 2 is 1.88 bits per heavy atom. The Kier molecular flexibility index (Phi) is 6.79. The van der Waals surface area contributed by atoms with Gasteiger partial charge in [-0.25, -0.2) is 0 Å². The van der Waals surface area contributed by atoms with Crippen LogP contribution in [-0.4, -0.2) is 87.0 Å². The molecule has 5 rings (SSSR count). The molecule has 1 heterocycles. The summed E-state index contributed by atoms with van der Waals surface area (Å²) in [5.74, 6) is -6.90. The Bertz CT molecular complexity index is 1430. The number of piperidine rings is 1. The third kappa shape index (κ3) is 4.08. The van der Waals surface area contributed by atoms with Crippen molar-refractivity contribution >= 4 is 23.2 Å². The van der Waals surface area contributed by atoms with Crippen LogP contribution in [0.25, 0.3) is 5.76 Å². The molecule has 222 valence electrons. The van der Waals surface area contributed by atoms with Crippen molar-refractivity contribution in [2.75, 3.05) is 27.7 Å².